The second-order valence-corrected chi connectivity index (χ2v) is 9.29. The number of H-pyrrole nitrogens is 1. The first kappa shape index (κ1) is 27.2. The summed E-state index contributed by atoms with van der Waals surface area (Å²) in [4.78, 5) is 37.3. The number of benzene rings is 2. The van der Waals surface area contributed by atoms with E-state index in [0.717, 1.165) is 7.11 Å². The zero-order chi connectivity index (χ0) is 27.9. The monoisotopic (exact) mass is 576 g/mol. The Morgan fingerprint density at radius 1 is 1.29 bits per heavy atom. The summed E-state index contributed by atoms with van der Waals surface area (Å²) in [6, 6.07) is 5.17. The number of fused-ring (bicyclic) bond motifs is 2. The fourth-order valence-corrected chi connectivity index (χ4v) is 4.67. The normalized spacial score (nSPS) is 16.6. The van der Waals surface area contributed by atoms with Crippen LogP contribution in [0.5, 0.6) is 0 Å². The molecule has 1 aliphatic rings. The van der Waals surface area contributed by atoms with Gasteiger partial charge >= 0.3 is 18.1 Å². The van der Waals surface area contributed by atoms with E-state index in [9.17, 15) is 31.5 Å². The van der Waals surface area contributed by atoms with E-state index in [0.29, 0.717) is 31.9 Å². The van der Waals surface area contributed by atoms with Gasteiger partial charge in [-0.25, -0.2) is 23.4 Å². The molecule has 0 spiro atoms. The van der Waals surface area contributed by atoms with Crippen molar-refractivity contribution in [3.63, 3.8) is 0 Å². The molecule has 5 rings (SSSR count). The Balaban J connectivity index is 0.000000426. The number of thiazole rings is 1. The Bertz CT molecular complexity index is 1590. The van der Waals surface area contributed by atoms with Crippen LogP contribution in [0.1, 0.15) is 16.8 Å². The van der Waals surface area contributed by atoms with E-state index >= 15 is 0 Å². The molecule has 3 N–H and O–H groups in total. The van der Waals surface area contributed by atoms with Gasteiger partial charge in [0.1, 0.15) is 11.7 Å². The lowest BCUT2D eigenvalue weighted by atomic mass is 9.98. The van der Waals surface area contributed by atoms with Crippen molar-refractivity contribution in [3.05, 3.63) is 40.8 Å². The lowest BCUT2D eigenvalue weighted by Gasteiger charge is -2.11. The number of rotatable bonds is 4. The quantitative estimate of drug-likeness (QED) is 0.220. The lowest BCUT2D eigenvalue weighted by molar-refractivity contribution is -0.192. The van der Waals surface area contributed by atoms with Crippen LogP contribution in [0.15, 0.2) is 24.4 Å². The molecule has 2 atom stereocenters. The van der Waals surface area contributed by atoms with Crippen LogP contribution in [0.2, 0.25) is 5.02 Å². The van der Waals surface area contributed by atoms with Crippen LogP contribution in [0.4, 0.5) is 27.1 Å². The van der Waals surface area contributed by atoms with Gasteiger partial charge < -0.3 is 15.2 Å². The number of ether oxygens (including phenoxy) is 1. The number of carboxylic acids is 1. The minimum absolute atomic E-state index is 0.173. The van der Waals surface area contributed by atoms with Crippen LogP contribution in [-0.2, 0) is 14.3 Å². The SMILES string of the molecule is COC(=O)c1c(F)c(Cl)c(-c2ccc3nc(NC(=O)[C@@H]4C[C@@H]4F)sc3c2)c2cn[nH]c12.O=C(O)C(F)(F)F. The summed E-state index contributed by atoms with van der Waals surface area (Å²) in [5, 5.41) is 16.9. The number of aromatic amines is 1. The van der Waals surface area contributed by atoms with Gasteiger partial charge in [-0.3, -0.25) is 9.89 Å². The van der Waals surface area contributed by atoms with E-state index in [-0.39, 0.29) is 22.5 Å². The van der Waals surface area contributed by atoms with Crippen molar-refractivity contribution in [2.24, 2.45) is 5.92 Å². The molecule has 0 aliphatic heterocycles. The molecule has 0 radical (unpaired) electrons. The first-order valence-corrected chi connectivity index (χ1v) is 11.6. The third-order valence-corrected chi connectivity index (χ3v) is 6.67. The summed E-state index contributed by atoms with van der Waals surface area (Å²) in [6.45, 7) is 0. The molecule has 0 saturated heterocycles. The highest BCUT2D eigenvalue weighted by Crippen LogP contribution is 2.41. The van der Waals surface area contributed by atoms with E-state index in [1.165, 1.54) is 17.5 Å². The zero-order valence-electron chi connectivity index (χ0n) is 18.8. The number of nitrogens with zero attached hydrogens (tertiary/aromatic N) is 2. The first-order valence-electron chi connectivity index (χ1n) is 10.4. The zero-order valence-corrected chi connectivity index (χ0v) is 20.4. The van der Waals surface area contributed by atoms with Crippen LogP contribution >= 0.6 is 22.9 Å². The van der Waals surface area contributed by atoms with Gasteiger partial charge in [0.25, 0.3) is 0 Å². The number of carbonyl (C=O) groups is 3. The van der Waals surface area contributed by atoms with E-state index < -0.39 is 41.9 Å². The van der Waals surface area contributed by atoms with Crippen LogP contribution < -0.4 is 5.32 Å². The minimum Gasteiger partial charge on any atom is -0.475 e. The van der Waals surface area contributed by atoms with E-state index in [1.54, 1.807) is 18.2 Å². The Morgan fingerprint density at radius 2 is 1.95 bits per heavy atom. The average Bonchev–Trinajstić information content (AvgIpc) is 3.21. The molecule has 1 fully saturated rings. The molecule has 0 unspecified atom stereocenters. The summed E-state index contributed by atoms with van der Waals surface area (Å²) in [6.07, 6.45) is -4.50. The Hall–Kier alpha value is -3.85. The number of amides is 1. The largest absolute Gasteiger partial charge is 0.490 e. The number of halogens is 6. The van der Waals surface area contributed by atoms with Crippen LogP contribution in [0.3, 0.4) is 0 Å². The number of esters is 1. The predicted molar refractivity (Wildman–Crippen MR) is 126 cm³/mol. The number of methoxy groups -OCH3 is 1. The number of hydrogen-bond acceptors (Lipinski definition) is 7. The Morgan fingerprint density at radius 3 is 2.53 bits per heavy atom. The summed E-state index contributed by atoms with van der Waals surface area (Å²) in [7, 11) is 1.15. The summed E-state index contributed by atoms with van der Waals surface area (Å²) >= 11 is 7.53. The molecular weight excluding hydrogens is 563 g/mol. The van der Waals surface area contributed by atoms with Crippen LogP contribution in [0.25, 0.3) is 32.2 Å². The fourth-order valence-electron chi connectivity index (χ4n) is 3.46. The van der Waals surface area contributed by atoms with Crippen molar-refractivity contribution >= 4 is 67.0 Å². The van der Waals surface area contributed by atoms with E-state index in [4.69, 9.17) is 21.5 Å². The lowest BCUT2D eigenvalue weighted by Crippen LogP contribution is -2.21. The van der Waals surface area contributed by atoms with Gasteiger partial charge in [-0.2, -0.15) is 18.3 Å². The molecule has 4 aromatic rings. The molecule has 2 aromatic carbocycles. The van der Waals surface area contributed by atoms with Crippen molar-refractivity contribution in [2.45, 2.75) is 18.8 Å². The summed E-state index contributed by atoms with van der Waals surface area (Å²) in [5.74, 6) is -5.55. The highest BCUT2D eigenvalue weighted by atomic mass is 35.5. The Kier molecular flexibility index (Phi) is 7.25. The fraction of sp³-hybridized carbons (Fsp3) is 0.227. The second-order valence-electron chi connectivity index (χ2n) is 7.88. The third-order valence-electron chi connectivity index (χ3n) is 5.38. The molecule has 2 heterocycles. The second kappa shape index (κ2) is 10.1. The number of nitrogens with one attached hydrogen (secondary N) is 2. The number of hydrogen-bond donors (Lipinski definition) is 3. The van der Waals surface area contributed by atoms with Gasteiger partial charge in [-0.15, -0.1) is 0 Å². The highest BCUT2D eigenvalue weighted by molar-refractivity contribution is 7.22. The maximum atomic E-state index is 15.0. The molecular formula is C22H14ClF5N4O5S. The molecule has 9 nitrogen and oxygen atoms in total. The maximum absolute atomic E-state index is 15.0. The van der Waals surface area contributed by atoms with Gasteiger partial charge in [-0.1, -0.05) is 29.0 Å². The molecule has 1 saturated carbocycles. The number of aromatic nitrogens is 3. The molecule has 200 valence electrons. The molecule has 38 heavy (non-hydrogen) atoms. The average molecular weight is 577 g/mol. The summed E-state index contributed by atoms with van der Waals surface area (Å²) < 4.78 is 65.2. The number of carbonyl (C=O) groups excluding carboxylic acids is 2. The predicted octanol–water partition coefficient (Wildman–Crippen LogP) is 5.35. The molecule has 1 amide bonds. The number of anilines is 1. The van der Waals surface area contributed by atoms with Gasteiger partial charge in [0.2, 0.25) is 5.91 Å². The molecule has 1 aliphatic carbocycles. The van der Waals surface area contributed by atoms with Crippen molar-refractivity contribution in [3.8, 4) is 11.1 Å². The van der Waals surface area contributed by atoms with Crippen molar-refractivity contribution < 1.29 is 46.2 Å². The van der Waals surface area contributed by atoms with Gasteiger partial charge in [0, 0.05) is 10.9 Å². The Labute approximate surface area is 217 Å². The van der Waals surface area contributed by atoms with Gasteiger partial charge in [0.15, 0.2) is 10.9 Å². The van der Waals surface area contributed by atoms with Crippen LogP contribution in [-0.4, -0.2) is 57.6 Å². The first-order chi connectivity index (χ1) is 17.8. The minimum atomic E-state index is -5.08. The smallest absolute Gasteiger partial charge is 0.475 e. The molecule has 0 bridgehead atoms. The topological polar surface area (TPSA) is 134 Å². The van der Waals surface area contributed by atoms with Crippen molar-refractivity contribution in [1.82, 2.24) is 15.2 Å². The van der Waals surface area contributed by atoms with E-state index in [2.05, 4.69) is 25.2 Å². The number of alkyl halides is 4. The highest BCUT2D eigenvalue weighted by Gasteiger charge is 2.44. The molecule has 2 aromatic heterocycles. The van der Waals surface area contributed by atoms with Gasteiger partial charge in [0.05, 0.1) is 40.0 Å². The van der Waals surface area contributed by atoms with E-state index in [1.807, 2.05) is 0 Å². The standard InChI is InChI=1S/C20H13ClF2N4O3S.C2HF3O2/c1-30-19(29)14-16(23)15(21)13(9-6-24-27-17(9)14)7-2-3-11-12(4-7)31-20(25-11)26-18(28)8-5-10(8)22;3-2(4,5)1(6)7/h2-4,6,8,10H,5H2,1H3,(H,24,27)(H,25,26,28);(H,6,7)/t8-,10+;/m1./s1. The van der Waals surface area contributed by atoms with Crippen molar-refractivity contribution in [1.29, 1.82) is 0 Å². The maximum Gasteiger partial charge on any atom is 0.490 e. The number of aliphatic carboxylic acids is 1. The van der Waals surface area contributed by atoms with Crippen LogP contribution in [0, 0.1) is 11.7 Å². The number of carboxylic acid groups (broad SMARTS) is 1. The summed E-state index contributed by atoms with van der Waals surface area (Å²) in [5.41, 5.74) is 1.40. The van der Waals surface area contributed by atoms with Crippen molar-refractivity contribution in [2.75, 3.05) is 12.4 Å². The third kappa shape index (κ3) is 5.24. The molecule has 16 heteroatoms. The van der Waals surface area contributed by atoms with Gasteiger partial charge in [-0.05, 0) is 24.1 Å².